The van der Waals surface area contributed by atoms with Gasteiger partial charge >= 0.3 is 0 Å². The number of aromatic nitrogens is 2. The average Bonchev–Trinajstić information content (AvgIpc) is 3.07. The molecule has 19 heavy (non-hydrogen) atoms. The van der Waals surface area contributed by atoms with E-state index in [-0.39, 0.29) is 5.54 Å². The van der Waals surface area contributed by atoms with Gasteiger partial charge in [-0.25, -0.2) is 0 Å². The molecule has 0 amide bonds. The highest BCUT2D eigenvalue weighted by atomic mass is 32.2. The third-order valence-corrected chi connectivity index (χ3v) is 5.76. The van der Waals surface area contributed by atoms with Crippen molar-refractivity contribution in [3.8, 4) is 0 Å². The summed E-state index contributed by atoms with van der Waals surface area (Å²) in [6.45, 7) is 0. The van der Waals surface area contributed by atoms with Crippen LogP contribution in [-0.2, 0) is 11.3 Å². The predicted molar refractivity (Wildman–Crippen MR) is 76.8 cm³/mol. The van der Waals surface area contributed by atoms with Gasteiger partial charge in [0.2, 0.25) is 5.89 Å². The molecular weight excluding hydrogens is 258 g/mol. The van der Waals surface area contributed by atoms with Crippen molar-refractivity contribution in [1.82, 2.24) is 10.1 Å². The molecule has 0 saturated heterocycles. The molecule has 106 valence electrons. The molecule has 0 atom stereocenters. The van der Waals surface area contributed by atoms with E-state index in [2.05, 4.69) is 10.1 Å². The van der Waals surface area contributed by atoms with Gasteiger partial charge in [0.25, 0.3) is 0 Å². The van der Waals surface area contributed by atoms with E-state index in [0.717, 1.165) is 29.7 Å². The number of rotatable bonds is 4. The lowest BCUT2D eigenvalue weighted by atomic mass is 10.00. The molecule has 0 radical (unpaired) electrons. The summed E-state index contributed by atoms with van der Waals surface area (Å²) in [4.78, 5) is 4.52. The first-order valence-corrected chi connectivity index (χ1v) is 8.55. The Morgan fingerprint density at radius 1 is 1.16 bits per heavy atom. The Morgan fingerprint density at radius 2 is 1.89 bits per heavy atom. The number of hydrogen-bond donors (Lipinski definition) is 1. The molecule has 0 bridgehead atoms. The first-order valence-electron chi connectivity index (χ1n) is 7.50. The van der Waals surface area contributed by atoms with Crippen molar-refractivity contribution in [2.24, 2.45) is 5.73 Å². The molecule has 2 saturated carbocycles. The zero-order valence-corrected chi connectivity index (χ0v) is 12.3. The smallest absolute Gasteiger partial charge is 0.246 e. The molecule has 2 N–H and O–H groups in total. The summed E-state index contributed by atoms with van der Waals surface area (Å²) in [5.74, 6) is 2.34. The topological polar surface area (TPSA) is 64.9 Å². The van der Waals surface area contributed by atoms with Gasteiger partial charge in [0.05, 0.1) is 11.3 Å². The second-order valence-electron chi connectivity index (χ2n) is 5.95. The average molecular weight is 281 g/mol. The molecule has 0 unspecified atom stereocenters. The summed E-state index contributed by atoms with van der Waals surface area (Å²) in [7, 11) is 0. The van der Waals surface area contributed by atoms with Gasteiger partial charge < -0.3 is 10.3 Å². The van der Waals surface area contributed by atoms with Crippen LogP contribution in [0.25, 0.3) is 0 Å². The molecule has 0 aliphatic heterocycles. The van der Waals surface area contributed by atoms with Crippen LogP contribution >= 0.6 is 11.8 Å². The summed E-state index contributed by atoms with van der Waals surface area (Å²) in [5, 5.41) is 4.89. The number of thioether (sulfide) groups is 1. The standard InChI is InChI=1S/C14H23N3OS/c15-14(8-4-5-9-14)13-16-12(17-18-13)10-19-11-6-2-1-3-7-11/h11H,1-10,15H2. The molecule has 3 rings (SSSR count). The van der Waals surface area contributed by atoms with Gasteiger partial charge in [-0.2, -0.15) is 16.7 Å². The SMILES string of the molecule is NC1(c2nc(CSC3CCCCC3)no2)CCCC1. The fourth-order valence-corrected chi connectivity index (χ4v) is 4.33. The van der Waals surface area contributed by atoms with E-state index >= 15 is 0 Å². The molecule has 4 nitrogen and oxygen atoms in total. The largest absolute Gasteiger partial charge is 0.337 e. The molecule has 0 spiro atoms. The lowest BCUT2D eigenvalue weighted by molar-refractivity contribution is 0.284. The van der Waals surface area contributed by atoms with Gasteiger partial charge in [0, 0.05) is 5.25 Å². The molecule has 2 aliphatic rings. The number of nitrogens with two attached hydrogens (primary N) is 1. The van der Waals surface area contributed by atoms with Gasteiger partial charge in [-0.15, -0.1) is 0 Å². The van der Waals surface area contributed by atoms with Gasteiger partial charge in [0.1, 0.15) is 0 Å². The Labute approximate surface area is 118 Å². The fraction of sp³-hybridized carbons (Fsp3) is 0.857. The number of hydrogen-bond acceptors (Lipinski definition) is 5. The third kappa shape index (κ3) is 3.14. The van der Waals surface area contributed by atoms with Crippen LogP contribution in [-0.4, -0.2) is 15.4 Å². The molecule has 2 aliphatic carbocycles. The van der Waals surface area contributed by atoms with Gasteiger partial charge in [-0.05, 0) is 25.7 Å². The van der Waals surface area contributed by atoms with Crippen molar-refractivity contribution in [3.05, 3.63) is 11.7 Å². The quantitative estimate of drug-likeness (QED) is 0.916. The number of nitrogens with zero attached hydrogens (tertiary/aromatic N) is 2. The van der Waals surface area contributed by atoms with E-state index < -0.39 is 0 Å². The van der Waals surface area contributed by atoms with Crippen molar-refractivity contribution in [1.29, 1.82) is 0 Å². The van der Waals surface area contributed by atoms with E-state index in [9.17, 15) is 0 Å². The van der Waals surface area contributed by atoms with Crippen LogP contribution in [0.3, 0.4) is 0 Å². The summed E-state index contributed by atoms with van der Waals surface area (Å²) in [5.41, 5.74) is 5.98. The van der Waals surface area contributed by atoms with Crippen LogP contribution in [0.2, 0.25) is 0 Å². The lowest BCUT2D eigenvalue weighted by Gasteiger charge is -2.20. The first kappa shape index (κ1) is 13.4. The maximum Gasteiger partial charge on any atom is 0.246 e. The Kier molecular flexibility index (Phi) is 4.12. The van der Waals surface area contributed by atoms with Crippen molar-refractivity contribution < 1.29 is 4.52 Å². The summed E-state index contributed by atoms with van der Waals surface area (Å²) >= 11 is 1.98. The molecular formula is C14H23N3OS. The first-order chi connectivity index (χ1) is 9.26. The van der Waals surface area contributed by atoms with Gasteiger partial charge in [-0.1, -0.05) is 37.3 Å². The van der Waals surface area contributed by atoms with E-state index in [4.69, 9.17) is 10.3 Å². The molecule has 5 heteroatoms. The Bertz CT molecular complexity index is 409. The van der Waals surface area contributed by atoms with Crippen molar-refractivity contribution in [3.63, 3.8) is 0 Å². The minimum Gasteiger partial charge on any atom is -0.337 e. The maximum atomic E-state index is 6.33. The second-order valence-corrected chi connectivity index (χ2v) is 7.24. The van der Waals surface area contributed by atoms with Crippen LogP contribution in [0.5, 0.6) is 0 Å². The van der Waals surface area contributed by atoms with Gasteiger partial charge in [-0.3, -0.25) is 0 Å². The van der Waals surface area contributed by atoms with Gasteiger partial charge in [0.15, 0.2) is 5.82 Å². The zero-order chi connectivity index (χ0) is 13.1. The van der Waals surface area contributed by atoms with Crippen molar-refractivity contribution in [2.45, 2.75) is 74.3 Å². The highest BCUT2D eigenvalue weighted by molar-refractivity contribution is 7.99. The lowest BCUT2D eigenvalue weighted by Crippen LogP contribution is -2.33. The minimum atomic E-state index is -0.346. The monoisotopic (exact) mass is 281 g/mol. The van der Waals surface area contributed by atoms with Crippen molar-refractivity contribution >= 4 is 11.8 Å². The van der Waals surface area contributed by atoms with Crippen LogP contribution in [0, 0.1) is 0 Å². The van der Waals surface area contributed by atoms with E-state index in [0.29, 0.717) is 5.89 Å². The van der Waals surface area contributed by atoms with Crippen LogP contribution < -0.4 is 5.73 Å². The Balaban J connectivity index is 1.55. The zero-order valence-electron chi connectivity index (χ0n) is 11.4. The fourth-order valence-electron chi connectivity index (χ4n) is 3.16. The molecule has 2 fully saturated rings. The van der Waals surface area contributed by atoms with Crippen LogP contribution in [0.15, 0.2) is 4.52 Å². The van der Waals surface area contributed by atoms with Crippen molar-refractivity contribution in [2.75, 3.05) is 0 Å². The van der Waals surface area contributed by atoms with Crippen LogP contribution in [0.4, 0.5) is 0 Å². The highest BCUT2D eigenvalue weighted by Gasteiger charge is 2.36. The Morgan fingerprint density at radius 3 is 2.63 bits per heavy atom. The predicted octanol–water partition coefficient (Wildman–Crippen LogP) is 3.36. The molecule has 1 aromatic heterocycles. The van der Waals surface area contributed by atoms with E-state index in [1.807, 2.05) is 11.8 Å². The minimum absolute atomic E-state index is 0.346. The van der Waals surface area contributed by atoms with Crippen LogP contribution in [0.1, 0.15) is 69.5 Å². The highest BCUT2D eigenvalue weighted by Crippen LogP contribution is 2.36. The normalized spacial score (nSPS) is 23.8. The summed E-state index contributed by atoms with van der Waals surface area (Å²) in [6, 6.07) is 0. The van der Waals surface area contributed by atoms with E-state index in [1.54, 1.807) is 0 Å². The molecule has 1 aromatic rings. The maximum absolute atomic E-state index is 6.33. The molecule has 1 heterocycles. The Hall–Kier alpha value is -0.550. The second kappa shape index (κ2) is 5.83. The molecule has 0 aromatic carbocycles. The summed E-state index contributed by atoms with van der Waals surface area (Å²) < 4.78 is 5.39. The van der Waals surface area contributed by atoms with E-state index in [1.165, 1.54) is 44.9 Å². The summed E-state index contributed by atoms with van der Waals surface area (Å²) in [6.07, 6.45) is 11.1. The third-order valence-electron chi connectivity index (χ3n) is 4.39.